The normalized spacial score (nSPS) is 22.6. The molecule has 2 N–H and O–H groups in total. The molecule has 2 rings (SSSR count). The zero-order valence-electron chi connectivity index (χ0n) is 10.5. The van der Waals surface area contributed by atoms with Crippen LogP contribution in [0.3, 0.4) is 0 Å². The van der Waals surface area contributed by atoms with Crippen LogP contribution in [0.1, 0.15) is 24.3 Å². The minimum Gasteiger partial charge on any atom is -0.508 e. The summed E-state index contributed by atoms with van der Waals surface area (Å²) >= 11 is 0. The molecule has 1 saturated heterocycles. The van der Waals surface area contributed by atoms with Gasteiger partial charge in [-0.25, -0.2) is 0 Å². The number of aromatic hydroxyl groups is 1. The molecule has 0 radical (unpaired) electrons. The number of phenolic OH excluding ortho intramolecular Hbond substituents is 1. The molecular formula is C14H19NO3. The number of aliphatic carboxylic acids is 1. The summed E-state index contributed by atoms with van der Waals surface area (Å²) in [6, 6.07) is 6.75. The van der Waals surface area contributed by atoms with Gasteiger partial charge in [-0.2, -0.15) is 0 Å². The second-order valence-corrected chi connectivity index (χ2v) is 5.04. The van der Waals surface area contributed by atoms with Gasteiger partial charge in [0.1, 0.15) is 5.75 Å². The fourth-order valence-corrected chi connectivity index (χ4v) is 2.82. The highest BCUT2D eigenvalue weighted by Gasteiger charge is 2.33. The number of carbonyl (C=O) groups is 1. The van der Waals surface area contributed by atoms with Gasteiger partial charge in [0.2, 0.25) is 0 Å². The average molecular weight is 249 g/mol. The van der Waals surface area contributed by atoms with Crippen molar-refractivity contribution in [2.75, 3.05) is 20.1 Å². The molecule has 4 nitrogen and oxygen atoms in total. The molecule has 0 aliphatic carbocycles. The van der Waals surface area contributed by atoms with E-state index in [2.05, 4.69) is 4.90 Å². The first-order chi connectivity index (χ1) is 8.59. The summed E-state index contributed by atoms with van der Waals surface area (Å²) in [5.41, 5.74) is 0.533. The van der Waals surface area contributed by atoms with Crippen LogP contribution in [0, 0.1) is 5.92 Å². The minimum atomic E-state index is -0.850. The van der Waals surface area contributed by atoms with Crippen LogP contribution in [-0.4, -0.2) is 41.2 Å². The average Bonchev–Trinajstić information content (AvgIpc) is 2.32. The maximum absolute atomic E-state index is 11.5. The largest absolute Gasteiger partial charge is 0.508 e. The highest BCUT2D eigenvalue weighted by Crippen LogP contribution is 2.35. The lowest BCUT2D eigenvalue weighted by atomic mass is 9.81. The highest BCUT2D eigenvalue weighted by atomic mass is 16.4. The number of hydrogen-bond donors (Lipinski definition) is 2. The Morgan fingerprint density at radius 3 is 2.78 bits per heavy atom. The second kappa shape index (κ2) is 5.40. The van der Waals surface area contributed by atoms with E-state index >= 15 is 0 Å². The summed E-state index contributed by atoms with van der Waals surface area (Å²) < 4.78 is 0. The zero-order valence-corrected chi connectivity index (χ0v) is 10.5. The zero-order chi connectivity index (χ0) is 13.1. The molecular weight excluding hydrogens is 230 g/mol. The van der Waals surface area contributed by atoms with Crippen molar-refractivity contribution in [3.63, 3.8) is 0 Å². The van der Waals surface area contributed by atoms with E-state index in [0.717, 1.165) is 25.9 Å². The first-order valence-corrected chi connectivity index (χ1v) is 6.29. The van der Waals surface area contributed by atoms with E-state index in [1.807, 2.05) is 7.05 Å². The Morgan fingerprint density at radius 1 is 1.44 bits per heavy atom. The Labute approximate surface area is 107 Å². The molecule has 0 bridgehead atoms. The van der Waals surface area contributed by atoms with Crippen LogP contribution in [-0.2, 0) is 4.79 Å². The number of para-hydroxylation sites is 1. The molecule has 1 fully saturated rings. The Kier molecular flexibility index (Phi) is 3.87. The van der Waals surface area contributed by atoms with Gasteiger partial charge in [0.15, 0.2) is 0 Å². The van der Waals surface area contributed by atoms with Gasteiger partial charge in [0, 0.05) is 12.1 Å². The number of nitrogens with zero attached hydrogens (tertiary/aromatic N) is 1. The van der Waals surface area contributed by atoms with Crippen molar-refractivity contribution >= 4 is 5.97 Å². The fourth-order valence-electron chi connectivity index (χ4n) is 2.82. The third-order valence-corrected chi connectivity index (χ3v) is 3.67. The predicted octanol–water partition coefficient (Wildman–Crippen LogP) is 1.90. The molecule has 4 heteroatoms. The number of phenols is 1. The van der Waals surface area contributed by atoms with Gasteiger partial charge < -0.3 is 15.1 Å². The summed E-state index contributed by atoms with van der Waals surface area (Å²) in [5, 5.41) is 19.3. The molecule has 1 aliphatic heterocycles. The van der Waals surface area contributed by atoms with E-state index in [1.54, 1.807) is 24.3 Å². The first-order valence-electron chi connectivity index (χ1n) is 6.29. The molecule has 2 unspecified atom stereocenters. The Bertz CT molecular complexity index is 433. The summed E-state index contributed by atoms with van der Waals surface area (Å²) in [6.07, 6.45) is 1.91. The molecule has 0 aromatic heterocycles. The van der Waals surface area contributed by atoms with Gasteiger partial charge in [-0.05, 0) is 38.4 Å². The maximum atomic E-state index is 11.5. The van der Waals surface area contributed by atoms with Crippen LogP contribution in [0.5, 0.6) is 5.75 Å². The minimum absolute atomic E-state index is 0.0644. The lowest BCUT2D eigenvalue weighted by molar-refractivity contribution is -0.140. The smallest absolute Gasteiger partial charge is 0.311 e. The van der Waals surface area contributed by atoms with Gasteiger partial charge in [0.05, 0.1) is 5.92 Å². The van der Waals surface area contributed by atoms with Crippen molar-refractivity contribution in [3.8, 4) is 5.75 Å². The van der Waals surface area contributed by atoms with Crippen molar-refractivity contribution in [1.82, 2.24) is 4.90 Å². The van der Waals surface area contributed by atoms with Crippen molar-refractivity contribution in [1.29, 1.82) is 0 Å². The fraction of sp³-hybridized carbons (Fsp3) is 0.500. The summed E-state index contributed by atoms with van der Waals surface area (Å²) in [5.74, 6) is -1.32. The number of piperidine rings is 1. The standard InChI is InChI=1S/C14H19NO3/c1-15-8-4-5-10(9-15)13(14(17)18)11-6-2-3-7-12(11)16/h2-3,6-7,10,13,16H,4-5,8-9H2,1H3,(H,17,18). The van der Waals surface area contributed by atoms with Crippen molar-refractivity contribution in [2.24, 2.45) is 5.92 Å². The second-order valence-electron chi connectivity index (χ2n) is 5.04. The van der Waals surface area contributed by atoms with Gasteiger partial charge in [-0.1, -0.05) is 18.2 Å². The molecule has 2 atom stereocenters. The molecule has 0 saturated carbocycles. The van der Waals surface area contributed by atoms with Crippen LogP contribution in [0.4, 0.5) is 0 Å². The molecule has 98 valence electrons. The number of likely N-dealkylation sites (tertiary alicyclic amines) is 1. The lowest BCUT2D eigenvalue weighted by Crippen LogP contribution is -2.37. The van der Waals surface area contributed by atoms with E-state index in [-0.39, 0.29) is 11.7 Å². The first kappa shape index (κ1) is 12.9. The maximum Gasteiger partial charge on any atom is 0.311 e. The van der Waals surface area contributed by atoms with Crippen LogP contribution in [0.15, 0.2) is 24.3 Å². The van der Waals surface area contributed by atoms with Crippen LogP contribution < -0.4 is 0 Å². The van der Waals surface area contributed by atoms with Crippen LogP contribution in [0.2, 0.25) is 0 Å². The molecule has 0 spiro atoms. The van der Waals surface area contributed by atoms with Crippen molar-refractivity contribution in [2.45, 2.75) is 18.8 Å². The third kappa shape index (κ3) is 2.64. The van der Waals surface area contributed by atoms with Crippen LogP contribution >= 0.6 is 0 Å². The molecule has 18 heavy (non-hydrogen) atoms. The molecule has 1 aliphatic rings. The Hall–Kier alpha value is -1.55. The number of hydrogen-bond acceptors (Lipinski definition) is 3. The lowest BCUT2D eigenvalue weighted by Gasteiger charge is -2.33. The Balaban J connectivity index is 2.28. The van der Waals surface area contributed by atoms with E-state index in [1.165, 1.54) is 0 Å². The summed E-state index contributed by atoms with van der Waals surface area (Å²) in [6.45, 7) is 1.79. The van der Waals surface area contributed by atoms with Crippen molar-refractivity contribution in [3.05, 3.63) is 29.8 Å². The number of carboxylic acid groups (broad SMARTS) is 1. The molecule has 0 amide bonds. The van der Waals surface area contributed by atoms with E-state index < -0.39 is 11.9 Å². The quantitative estimate of drug-likeness (QED) is 0.859. The molecule has 1 heterocycles. The topological polar surface area (TPSA) is 60.8 Å². The van der Waals surface area contributed by atoms with Gasteiger partial charge in [-0.3, -0.25) is 4.79 Å². The highest BCUT2D eigenvalue weighted by molar-refractivity contribution is 5.77. The number of rotatable bonds is 3. The monoisotopic (exact) mass is 249 g/mol. The number of carboxylic acids is 1. The van der Waals surface area contributed by atoms with Gasteiger partial charge in [0.25, 0.3) is 0 Å². The third-order valence-electron chi connectivity index (χ3n) is 3.67. The van der Waals surface area contributed by atoms with Crippen molar-refractivity contribution < 1.29 is 15.0 Å². The van der Waals surface area contributed by atoms with E-state index in [4.69, 9.17) is 0 Å². The predicted molar refractivity (Wildman–Crippen MR) is 68.7 cm³/mol. The van der Waals surface area contributed by atoms with E-state index in [9.17, 15) is 15.0 Å². The molecule has 1 aromatic carbocycles. The Morgan fingerprint density at radius 2 is 2.17 bits per heavy atom. The number of benzene rings is 1. The molecule has 1 aromatic rings. The van der Waals surface area contributed by atoms with Gasteiger partial charge in [-0.15, -0.1) is 0 Å². The summed E-state index contributed by atoms with van der Waals surface area (Å²) in [4.78, 5) is 13.7. The summed E-state index contributed by atoms with van der Waals surface area (Å²) in [7, 11) is 2.01. The van der Waals surface area contributed by atoms with E-state index in [0.29, 0.717) is 5.56 Å². The SMILES string of the molecule is CN1CCCC(C(C(=O)O)c2ccccc2O)C1. The van der Waals surface area contributed by atoms with Gasteiger partial charge >= 0.3 is 5.97 Å². The van der Waals surface area contributed by atoms with Crippen LogP contribution in [0.25, 0.3) is 0 Å².